The Hall–Kier alpha value is -5.85. The lowest BCUT2D eigenvalue weighted by atomic mass is 9.85. The predicted molar refractivity (Wildman–Crippen MR) is 190 cm³/mol. The number of nitriles is 1. The summed E-state index contributed by atoms with van der Waals surface area (Å²) < 4.78 is 2.45. The topological polar surface area (TPSA) is 32.0 Å². The molecule has 1 aromatic heterocycles. The summed E-state index contributed by atoms with van der Waals surface area (Å²) in [7, 11) is 0. The van der Waals surface area contributed by atoms with Gasteiger partial charge in [-0.2, -0.15) is 5.26 Å². The van der Waals surface area contributed by atoms with Gasteiger partial charge in [0.2, 0.25) is 0 Å². The molecule has 0 saturated heterocycles. The Morgan fingerprint density at radius 3 is 2.39 bits per heavy atom. The van der Waals surface area contributed by atoms with Gasteiger partial charge in [-0.15, -0.1) is 0 Å². The molecule has 0 saturated carbocycles. The highest BCUT2D eigenvalue weighted by Gasteiger charge is 2.38. The molecule has 218 valence electrons. The second-order valence-electron chi connectivity index (χ2n) is 12.3. The van der Waals surface area contributed by atoms with E-state index in [1.54, 1.807) is 0 Å². The number of allylic oxidation sites excluding steroid dienone is 8. The number of hydrogen-bond acceptors (Lipinski definition) is 2. The van der Waals surface area contributed by atoms with Crippen LogP contribution in [-0.2, 0) is 0 Å². The molecule has 3 nitrogen and oxygen atoms in total. The summed E-state index contributed by atoms with van der Waals surface area (Å²) in [6.45, 7) is 0. The maximum atomic E-state index is 9.70. The van der Waals surface area contributed by atoms with E-state index in [1.807, 2.05) is 18.2 Å². The van der Waals surface area contributed by atoms with Crippen LogP contribution in [-0.4, -0.2) is 4.57 Å². The average molecular weight is 590 g/mol. The Morgan fingerprint density at radius 1 is 0.717 bits per heavy atom. The SMILES string of the molecule is N#Cc1cccc(-c2ccccc2-n2c3ccccc3c3cccc(C4=C5C(CC=C4)c4ccccc4N5C4=CC=CCC4)c32)c1. The normalized spacial score (nSPS) is 16.9. The largest absolute Gasteiger partial charge is 0.316 e. The summed E-state index contributed by atoms with van der Waals surface area (Å²) in [6, 6.07) is 43.4. The number of fused-ring (bicyclic) bond motifs is 6. The van der Waals surface area contributed by atoms with Gasteiger partial charge in [-0.05, 0) is 66.8 Å². The summed E-state index contributed by atoms with van der Waals surface area (Å²) in [4.78, 5) is 2.56. The second kappa shape index (κ2) is 10.6. The highest BCUT2D eigenvalue weighted by molar-refractivity contribution is 6.14. The maximum absolute atomic E-state index is 9.70. The highest BCUT2D eigenvalue weighted by Crippen LogP contribution is 2.53. The molecule has 2 aliphatic carbocycles. The molecule has 0 radical (unpaired) electrons. The number of para-hydroxylation sites is 4. The third-order valence-corrected chi connectivity index (χ3v) is 9.77. The monoisotopic (exact) mass is 589 g/mol. The minimum absolute atomic E-state index is 0.303. The van der Waals surface area contributed by atoms with Crippen LogP contribution in [0.1, 0.15) is 41.9 Å². The Labute approximate surface area is 269 Å². The first-order valence-electron chi connectivity index (χ1n) is 16.1. The van der Waals surface area contributed by atoms with Crippen molar-refractivity contribution < 1.29 is 0 Å². The van der Waals surface area contributed by atoms with Crippen LogP contribution in [0.5, 0.6) is 0 Å². The van der Waals surface area contributed by atoms with Crippen LogP contribution in [0.25, 0.3) is 44.2 Å². The van der Waals surface area contributed by atoms with E-state index in [1.165, 1.54) is 55.6 Å². The summed E-state index contributed by atoms with van der Waals surface area (Å²) in [6.07, 6.45) is 14.6. The van der Waals surface area contributed by atoms with E-state index in [-0.39, 0.29) is 0 Å². The highest BCUT2D eigenvalue weighted by atomic mass is 15.2. The molecule has 0 N–H and O–H groups in total. The molecule has 5 aromatic carbocycles. The van der Waals surface area contributed by atoms with E-state index in [0.29, 0.717) is 11.5 Å². The average Bonchev–Trinajstić information content (AvgIpc) is 3.65. The Kier molecular flexibility index (Phi) is 6.14. The molecule has 0 bridgehead atoms. The van der Waals surface area contributed by atoms with Crippen LogP contribution in [0.15, 0.2) is 157 Å². The molecule has 1 atom stereocenters. The van der Waals surface area contributed by atoms with Crippen molar-refractivity contribution in [2.75, 3.05) is 4.90 Å². The van der Waals surface area contributed by atoms with Gasteiger partial charge in [0.05, 0.1) is 28.4 Å². The van der Waals surface area contributed by atoms with Crippen LogP contribution in [0.2, 0.25) is 0 Å². The first-order chi connectivity index (χ1) is 22.8. The fourth-order valence-electron chi connectivity index (χ4n) is 7.84. The van der Waals surface area contributed by atoms with E-state index >= 15 is 0 Å². The lowest BCUT2D eigenvalue weighted by molar-refractivity contribution is 0.800. The molecule has 1 aliphatic heterocycles. The number of aromatic nitrogens is 1. The van der Waals surface area contributed by atoms with Gasteiger partial charge < -0.3 is 9.47 Å². The first kappa shape index (κ1) is 26.5. The molecular formula is C43H31N3. The minimum atomic E-state index is 0.303. The molecule has 46 heavy (non-hydrogen) atoms. The molecule has 2 heterocycles. The first-order valence-corrected chi connectivity index (χ1v) is 16.1. The zero-order valence-electron chi connectivity index (χ0n) is 25.4. The van der Waals surface area contributed by atoms with Crippen LogP contribution >= 0.6 is 0 Å². The van der Waals surface area contributed by atoms with Gasteiger partial charge in [-0.1, -0.05) is 109 Å². The van der Waals surface area contributed by atoms with Crippen molar-refractivity contribution in [1.82, 2.24) is 4.57 Å². The van der Waals surface area contributed by atoms with Crippen molar-refractivity contribution in [3.8, 4) is 22.9 Å². The predicted octanol–water partition coefficient (Wildman–Crippen LogP) is 10.8. The lowest BCUT2D eigenvalue weighted by Gasteiger charge is -2.31. The molecule has 3 aliphatic rings. The van der Waals surface area contributed by atoms with Gasteiger partial charge in [0.15, 0.2) is 0 Å². The van der Waals surface area contributed by atoms with Gasteiger partial charge >= 0.3 is 0 Å². The van der Waals surface area contributed by atoms with Crippen LogP contribution in [0.3, 0.4) is 0 Å². The summed E-state index contributed by atoms with van der Waals surface area (Å²) in [5.74, 6) is 0.303. The van der Waals surface area contributed by atoms with Crippen LogP contribution < -0.4 is 4.90 Å². The standard InChI is InChI=1S/C43H31N3/c44-28-29-13-10-14-30(27-29)32-17-4-7-24-39(32)46-41-26-9-6-19-34(41)36-21-12-23-38(43(36)46)37-22-11-20-35-33-18-5-8-25-40(33)45(42(35)37)31-15-2-1-3-16-31/h1-2,4-15,17-19,21-27,35H,3,16,20H2. The van der Waals surface area contributed by atoms with Gasteiger partial charge in [0.1, 0.15) is 0 Å². The molecule has 6 aromatic rings. The number of rotatable bonds is 4. The summed E-state index contributed by atoms with van der Waals surface area (Å²) >= 11 is 0. The van der Waals surface area contributed by atoms with Gasteiger partial charge in [0, 0.05) is 50.5 Å². The summed E-state index contributed by atoms with van der Waals surface area (Å²) in [5.41, 5.74) is 14.2. The fraction of sp³-hybridized carbons (Fsp3) is 0.0930. The van der Waals surface area contributed by atoms with Crippen molar-refractivity contribution in [3.63, 3.8) is 0 Å². The third-order valence-electron chi connectivity index (χ3n) is 9.77. The molecule has 3 heteroatoms. The summed E-state index contributed by atoms with van der Waals surface area (Å²) in [5, 5.41) is 12.2. The van der Waals surface area contributed by atoms with Gasteiger partial charge in [0.25, 0.3) is 0 Å². The van der Waals surface area contributed by atoms with E-state index in [2.05, 4.69) is 143 Å². The van der Waals surface area contributed by atoms with E-state index in [0.717, 1.165) is 36.1 Å². The van der Waals surface area contributed by atoms with Crippen molar-refractivity contribution in [1.29, 1.82) is 5.26 Å². The number of hydrogen-bond donors (Lipinski definition) is 0. The molecule has 9 rings (SSSR count). The van der Waals surface area contributed by atoms with Crippen molar-refractivity contribution in [2.24, 2.45) is 0 Å². The Bertz CT molecular complexity index is 2370. The smallest absolute Gasteiger partial charge is 0.0991 e. The minimum Gasteiger partial charge on any atom is -0.316 e. The Balaban J connectivity index is 1.37. The van der Waals surface area contributed by atoms with Crippen molar-refractivity contribution in [3.05, 3.63) is 174 Å². The number of anilines is 1. The molecule has 0 spiro atoms. The van der Waals surface area contributed by atoms with Crippen molar-refractivity contribution in [2.45, 2.75) is 25.2 Å². The molecular weight excluding hydrogens is 558 g/mol. The van der Waals surface area contributed by atoms with E-state index < -0.39 is 0 Å². The van der Waals surface area contributed by atoms with Gasteiger partial charge in [-0.3, -0.25) is 0 Å². The third kappa shape index (κ3) is 3.97. The molecule has 1 unspecified atom stereocenters. The lowest BCUT2D eigenvalue weighted by Crippen LogP contribution is -2.22. The van der Waals surface area contributed by atoms with E-state index in [4.69, 9.17) is 0 Å². The van der Waals surface area contributed by atoms with Crippen LogP contribution in [0.4, 0.5) is 5.69 Å². The number of nitrogens with zero attached hydrogens (tertiary/aromatic N) is 3. The van der Waals surface area contributed by atoms with Crippen LogP contribution in [0, 0.1) is 11.3 Å². The van der Waals surface area contributed by atoms with Gasteiger partial charge in [-0.25, -0.2) is 0 Å². The van der Waals surface area contributed by atoms with E-state index in [9.17, 15) is 5.26 Å². The molecule has 0 fully saturated rings. The fourth-order valence-corrected chi connectivity index (χ4v) is 7.84. The van der Waals surface area contributed by atoms with Crippen molar-refractivity contribution >= 4 is 33.1 Å². The maximum Gasteiger partial charge on any atom is 0.0991 e. The Morgan fingerprint density at radius 2 is 1.50 bits per heavy atom. The quantitative estimate of drug-likeness (QED) is 0.205. The molecule has 0 amide bonds. The zero-order chi connectivity index (χ0) is 30.6. The second-order valence-corrected chi connectivity index (χ2v) is 12.3. The number of benzene rings is 5. The zero-order valence-corrected chi connectivity index (χ0v) is 25.4.